The van der Waals surface area contributed by atoms with E-state index in [1.54, 1.807) is 18.2 Å². The van der Waals surface area contributed by atoms with Crippen LogP contribution in [0.1, 0.15) is 97.5 Å². The van der Waals surface area contributed by atoms with Gasteiger partial charge in [0.2, 0.25) is 0 Å². The van der Waals surface area contributed by atoms with Gasteiger partial charge < -0.3 is 15.2 Å². The van der Waals surface area contributed by atoms with Crippen LogP contribution in [0.4, 0.5) is 5.69 Å². The minimum atomic E-state index is -0.379. The smallest absolute Gasteiger partial charge is 0.159 e. The van der Waals surface area contributed by atoms with Crippen molar-refractivity contribution in [3.8, 4) is 5.75 Å². The lowest BCUT2D eigenvalue weighted by Crippen LogP contribution is -2.40. The molecule has 0 bridgehead atoms. The van der Waals surface area contributed by atoms with Crippen molar-refractivity contribution >= 4 is 11.5 Å². The Morgan fingerprint density at radius 2 is 1.61 bits per heavy atom. The Labute approximate surface area is 219 Å². The molecule has 0 atom stereocenters. The molecular formula is C32H47NO3. The summed E-state index contributed by atoms with van der Waals surface area (Å²) < 4.78 is 12.5. The number of hydrogen-bond donors (Lipinski definition) is 1. The molecule has 1 heterocycles. The van der Waals surface area contributed by atoms with Gasteiger partial charge in [0.1, 0.15) is 17.1 Å². The first kappa shape index (κ1) is 28.1. The number of carbonyl (C=O) groups excluding carboxylic acids is 1. The molecule has 0 radical (unpaired) electrons. The molecule has 198 valence electrons. The molecule has 2 N–H and O–H groups in total. The third kappa shape index (κ3) is 7.75. The van der Waals surface area contributed by atoms with Crippen LogP contribution in [0.5, 0.6) is 5.75 Å². The van der Waals surface area contributed by atoms with E-state index in [9.17, 15) is 4.79 Å². The molecule has 0 amide bonds. The third-order valence-electron chi connectivity index (χ3n) is 8.18. The number of ketones is 1. The Hall–Kier alpha value is -2.49. The van der Waals surface area contributed by atoms with E-state index in [0.29, 0.717) is 23.6 Å². The number of hydrogen-bond acceptors (Lipinski definition) is 4. The standard InChI is InChI=1S/C30H41NO3.C2H6/c1-4-23-6-8-24(9-7-23)25-13-15-30(16-14-25)20-27(32)10-12-28(11-5-22(3)34-30)33-29-18-21(2)17-26(31)19-29;1-2/h5,10-12,17-19,23-25H,4,6-9,13-16,20,31H2,1-3H3;1-2H3/b12-10+,22-5+,28-11+;. The average molecular weight is 494 g/mol. The van der Waals surface area contributed by atoms with Gasteiger partial charge in [0.25, 0.3) is 0 Å². The van der Waals surface area contributed by atoms with E-state index in [-0.39, 0.29) is 11.4 Å². The van der Waals surface area contributed by atoms with Crippen molar-refractivity contribution in [2.75, 3.05) is 5.73 Å². The SMILES string of the molecule is CC.CCC1CCC(C2CCC3(CC2)CC(=O)/C=C/C(Oc2cc(C)cc(N)c2)=C\C=C(/C)O3)CC1. The van der Waals surface area contributed by atoms with Crippen molar-refractivity contribution in [1.29, 1.82) is 0 Å². The van der Waals surface area contributed by atoms with E-state index >= 15 is 0 Å². The summed E-state index contributed by atoms with van der Waals surface area (Å²) in [5, 5.41) is 0. The molecule has 1 aliphatic heterocycles. The Bertz CT molecular complexity index is 937. The van der Waals surface area contributed by atoms with Crippen LogP contribution in [-0.4, -0.2) is 11.4 Å². The van der Waals surface area contributed by atoms with Crippen LogP contribution in [0.15, 0.2) is 54.0 Å². The molecule has 1 spiro atoms. The van der Waals surface area contributed by atoms with Gasteiger partial charge in [-0.1, -0.05) is 40.0 Å². The molecule has 2 fully saturated rings. The van der Waals surface area contributed by atoms with Crippen molar-refractivity contribution in [2.24, 2.45) is 17.8 Å². The summed E-state index contributed by atoms with van der Waals surface area (Å²) in [6.07, 6.45) is 18.8. The van der Waals surface area contributed by atoms with Crippen molar-refractivity contribution in [3.63, 3.8) is 0 Å². The third-order valence-corrected chi connectivity index (χ3v) is 8.18. The van der Waals surface area contributed by atoms with E-state index in [1.807, 2.05) is 52.0 Å². The minimum absolute atomic E-state index is 0.0925. The number of nitrogens with two attached hydrogens (primary N) is 1. The molecule has 0 unspecified atom stereocenters. The summed E-state index contributed by atoms with van der Waals surface area (Å²) in [4.78, 5) is 13.0. The normalized spacial score (nSPS) is 32.6. The van der Waals surface area contributed by atoms with E-state index in [2.05, 4.69) is 6.92 Å². The number of aryl methyl sites for hydroxylation is 1. The number of benzene rings is 1. The number of allylic oxidation sites excluding steroid dienone is 5. The highest BCUT2D eigenvalue weighted by Gasteiger charge is 2.41. The molecule has 4 rings (SSSR count). The van der Waals surface area contributed by atoms with Crippen LogP contribution in [0.3, 0.4) is 0 Å². The van der Waals surface area contributed by atoms with E-state index in [0.717, 1.165) is 41.9 Å². The Morgan fingerprint density at radius 3 is 2.25 bits per heavy atom. The molecular weight excluding hydrogens is 446 g/mol. The summed E-state index contributed by atoms with van der Waals surface area (Å²) >= 11 is 0. The lowest BCUT2D eigenvalue weighted by atomic mass is 9.67. The second-order valence-corrected chi connectivity index (χ2v) is 10.8. The highest BCUT2D eigenvalue weighted by atomic mass is 16.5. The topological polar surface area (TPSA) is 61.5 Å². The van der Waals surface area contributed by atoms with Crippen LogP contribution in [0, 0.1) is 24.7 Å². The van der Waals surface area contributed by atoms with Crippen LogP contribution >= 0.6 is 0 Å². The Kier molecular flexibility index (Phi) is 10.3. The second-order valence-electron chi connectivity index (χ2n) is 10.8. The van der Waals surface area contributed by atoms with Gasteiger partial charge in [-0.25, -0.2) is 0 Å². The first-order valence-corrected chi connectivity index (χ1v) is 14.2. The van der Waals surface area contributed by atoms with E-state index in [4.69, 9.17) is 15.2 Å². The number of rotatable bonds is 4. The number of ether oxygens (including phenoxy) is 2. The van der Waals surface area contributed by atoms with Gasteiger partial charge in [0, 0.05) is 11.8 Å². The fourth-order valence-corrected chi connectivity index (χ4v) is 6.24. The van der Waals surface area contributed by atoms with Gasteiger partial charge in [0.15, 0.2) is 5.78 Å². The van der Waals surface area contributed by atoms with Crippen molar-refractivity contribution < 1.29 is 14.3 Å². The van der Waals surface area contributed by atoms with Gasteiger partial charge in [-0.05, 0) is 112 Å². The number of nitrogen functional groups attached to an aromatic ring is 1. The molecule has 3 aliphatic rings. The molecule has 1 aromatic rings. The zero-order valence-corrected chi connectivity index (χ0v) is 23.1. The Balaban J connectivity index is 0.00000176. The van der Waals surface area contributed by atoms with Crippen molar-refractivity contribution in [1.82, 2.24) is 0 Å². The first-order chi connectivity index (χ1) is 17.3. The molecule has 2 saturated carbocycles. The lowest BCUT2D eigenvalue weighted by Gasteiger charge is -2.43. The van der Waals surface area contributed by atoms with Crippen molar-refractivity contribution in [2.45, 2.75) is 104 Å². The molecule has 4 heteroatoms. The summed E-state index contributed by atoms with van der Waals surface area (Å²) in [5.74, 6) is 4.76. The van der Waals surface area contributed by atoms with Gasteiger partial charge in [-0.3, -0.25) is 4.79 Å². The summed E-state index contributed by atoms with van der Waals surface area (Å²) in [5.41, 5.74) is 7.26. The predicted octanol–water partition coefficient (Wildman–Crippen LogP) is 8.46. The zero-order chi connectivity index (χ0) is 26.1. The minimum Gasteiger partial charge on any atom is -0.491 e. The maximum atomic E-state index is 13.0. The maximum Gasteiger partial charge on any atom is 0.159 e. The average Bonchev–Trinajstić information content (AvgIpc) is 2.86. The van der Waals surface area contributed by atoms with E-state index in [1.165, 1.54) is 44.9 Å². The molecule has 2 aliphatic carbocycles. The zero-order valence-electron chi connectivity index (χ0n) is 23.1. The lowest BCUT2D eigenvalue weighted by molar-refractivity contribution is -0.123. The van der Waals surface area contributed by atoms with E-state index < -0.39 is 0 Å². The quantitative estimate of drug-likeness (QED) is 0.427. The van der Waals surface area contributed by atoms with Gasteiger partial charge >= 0.3 is 0 Å². The van der Waals surface area contributed by atoms with Crippen molar-refractivity contribution in [3.05, 3.63) is 59.6 Å². The second kappa shape index (κ2) is 13.2. The van der Waals surface area contributed by atoms with Gasteiger partial charge in [-0.2, -0.15) is 0 Å². The van der Waals surface area contributed by atoms with Crippen LogP contribution in [-0.2, 0) is 9.53 Å². The van der Waals surface area contributed by atoms with Crippen LogP contribution < -0.4 is 10.5 Å². The summed E-state index contributed by atoms with van der Waals surface area (Å²) in [6.45, 7) is 10.3. The summed E-state index contributed by atoms with van der Waals surface area (Å²) in [7, 11) is 0. The molecule has 4 nitrogen and oxygen atoms in total. The molecule has 0 saturated heterocycles. The van der Waals surface area contributed by atoms with Gasteiger partial charge in [-0.15, -0.1) is 0 Å². The predicted molar refractivity (Wildman–Crippen MR) is 150 cm³/mol. The fourth-order valence-electron chi connectivity index (χ4n) is 6.24. The molecule has 36 heavy (non-hydrogen) atoms. The van der Waals surface area contributed by atoms with Gasteiger partial charge in [0.05, 0.1) is 12.2 Å². The molecule has 1 aromatic carbocycles. The monoisotopic (exact) mass is 493 g/mol. The first-order valence-electron chi connectivity index (χ1n) is 14.2. The maximum absolute atomic E-state index is 13.0. The fraction of sp³-hybridized carbons (Fsp3) is 0.594. The number of carbonyl (C=O) groups is 1. The Morgan fingerprint density at radius 1 is 0.944 bits per heavy atom. The molecule has 0 aromatic heterocycles. The van der Waals surface area contributed by atoms with Crippen LogP contribution in [0.25, 0.3) is 0 Å². The highest BCUT2D eigenvalue weighted by Crippen LogP contribution is 2.46. The van der Waals surface area contributed by atoms with Crippen LogP contribution in [0.2, 0.25) is 0 Å². The largest absolute Gasteiger partial charge is 0.491 e. The number of anilines is 1. The highest BCUT2D eigenvalue weighted by molar-refractivity contribution is 5.90. The summed E-state index contributed by atoms with van der Waals surface area (Å²) in [6, 6.07) is 5.62.